The minimum atomic E-state index is -4.96. The molecule has 0 aliphatic carbocycles. The fraction of sp³-hybridized carbons (Fsp3) is 0.946. The van der Waals surface area contributed by atoms with E-state index in [0.717, 1.165) is 108 Å². The van der Waals surface area contributed by atoms with Gasteiger partial charge in [0, 0.05) is 25.7 Å². The number of unbranched alkanes of at least 4 members (excludes halogenated alkanes) is 39. The second-order valence-corrected chi connectivity index (χ2v) is 30.8. The first-order valence-electron chi connectivity index (χ1n) is 38.4. The van der Waals surface area contributed by atoms with Gasteiger partial charge in [0.25, 0.3) is 0 Å². The number of esters is 4. The van der Waals surface area contributed by atoms with Gasteiger partial charge in [-0.2, -0.15) is 0 Å². The Bertz CT molecular complexity index is 1820. The highest BCUT2D eigenvalue weighted by Gasteiger charge is 2.30. The minimum absolute atomic E-state index is 0.104. The molecule has 6 atom stereocenters. The normalized spacial score (nSPS) is 14.4. The number of ether oxygens (including phenoxy) is 4. The number of hydrogen-bond acceptors (Lipinski definition) is 15. The van der Waals surface area contributed by atoms with Crippen LogP contribution in [0.2, 0.25) is 0 Å². The third-order valence-corrected chi connectivity index (χ3v) is 19.4. The van der Waals surface area contributed by atoms with Crippen LogP contribution in [0.25, 0.3) is 0 Å². The maximum absolute atomic E-state index is 13.1. The second-order valence-electron chi connectivity index (χ2n) is 27.9. The molecule has 552 valence electrons. The van der Waals surface area contributed by atoms with Crippen molar-refractivity contribution in [1.82, 2.24) is 0 Å². The Morgan fingerprint density at radius 1 is 0.312 bits per heavy atom. The average molecular weight is 1370 g/mol. The lowest BCUT2D eigenvalue weighted by Crippen LogP contribution is -2.30. The van der Waals surface area contributed by atoms with Crippen molar-refractivity contribution in [2.24, 2.45) is 17.8 Å². The summed E-state index contributed by atoms with van der Waals surface area (Å²) in [7, 11) is -9.91. The Balaban J connectivity index is 5.26. The molecule has 93 heavy (non-hydrogen) atoms. The summed E-state index contributed by atoms with van der Waals surface area (Å²) in [6.45, 7) is 11.9. The third kappa shape index (κ3) is 67.0. The van der Waals surface area contributed by atoms with E-state index in [0.29, 0.717) is 25.7 Å². The molecule has 0 aromatic carbocycles. The van der Waals surface area contributed by atoms with E-state index in [2.05, 4.69) is 48.5 Å². The van der Waals surface area contributed by atoms with E-state index in [1.54, 1.807) is 0 Å². The number of phosphoric ester groups is 2. The molecule has 0 fully saturated rings. The number of phosphoric acid groups is 2. The van der Waals surface area contributed by atoms with Crippen LogP contribution in [0.3, 0.4) is 0 Å². The molecule has 3 unspecified atom stereocenters. The van der Waals surface area contributed by atoms with E-state index in [1.807, 2.05) is 0 Å². The molecule has 0 aliphatic heterocycles. The van der Waals surface area contributed by atoms with Crippen LogP contribution in [0.5, 0.6) is 0 Å². The molecular formula is C74H144O17P2. The molecule has 0 rings (SSSR count). The first kappa shape index (κ1) is 91.1. The Morgan fingerprint density at radius 3 is 0.817 bits per heavy atom. The van der Waals surface area contributed by atoms with Crippen molar-refractivity contribution in [3.63, 3.8) is 0 Å². The molecule has 0 saturated carbocycles. The third-order valence-electron chi connectivity index (χ3n) is 17.5. The van der Waals surface area contributed by atoms with Crippen LogP contribution in [0.1, 0.15) is 376 Å². The van der Waals surface area contributed by atoms with E-state index in [1.165, 1.54) is 186 Å². The summed E-state index contributed by atoms with van der Waals surface area (Å²) in [6, 6.07) is 0. The molecule has 0 aromatic heterocycles. The van der Waals surface area contributed by atoms with Gasteiger partial charge in [0.2, 0.25) is 0 Å². The van der Waals surface area contributed by atoms with Crippen molar-refractivity contribution in [2.45, 2.75) is 394 Å². The SMILES string of the molecule is CCCCCCCCCCCCCCCCCC(=O)OC[C@H](COP(=O)(O)OC[C@@H](O)COP(=O)(O)OC[C@@H](COC(=O)CCCCCCCCCCC(C)C)OC(=O)CCCCCCCCCCC(C)CC)OC(=O)CCCCCCCCCCCCCCC(C)C. The largest absolute Gasteiger partial charge is 0.472 e. The molecule has 19 heteroatoms. The van der Waals surface area contributed by atoms with Crippen molar-refractivity contribution in [3.8, 4) is 0 Å². The van der Waals surface area contributed by atoms with E-state index in [9.17, 15) is 43.2 Å². The lowest BCUT2D eigenvalue weighted by molar-refractivity contribution is -0.161. The first-order valence-corrected chi connectivity index (χ1v) is 41.4. The summed E-state index contributed by atoms with van der Waals surface area (Å²) in [5.74, 6) is 0.151. The Labute approximate surface area is 568 Å². The van der Waals surface area contributed by atoms with Gasteiger partial charge in [0.15, 0.2) is 12.2 Å². The maximum Gasteiger partial charge on any atom is 0.472 e. The van der Waals surface area contributed by atoms with Gasteiger partial charge in [-0.15, -0.1) is 0 Å². The number of aliphatic hydroxyl groups excluding tert-OH is 1. The minimum Gasteiger partial charge on any atom is -0.462 e. The molecule has 3 N–H and O–H groups in total. The summed E-state index contributed by atoms with van der Waals surface area (Å²) in [5.41, 5.74) is 0. The lowest BCUT2D eigenvalue weighted by Gasteiger charge is -2.21. The fourth-order valence-corrected chi connectivity index (χ4v) is 12.8. The molecular weight excluding hydrogens is 1220 g/mol. The zero-order valence-corrected chi connectivity index (χ0v) is 62.5. The topological polar surface area (TPSA) is 237 Å². The van der Waals surface area contributed by atoms with Crippen molar-refractivity contribution >= 4 is 39.5 Å². The molecule has 0 aliphatic rings. The quantitative estimate of drug-likeness (QED) is 0.0222. The van der Waals surface area contributed by atoms with E-state index < -0.39 is 97.5 Å². The van der Waals surface area contributed by atoms with Gasteiger partial charge >= 0.3 is 39.5 Å². The maximum atomic E-state index is 13.1. The van der Waals surface area contributed by atoms with Gasteiger partial charge in [-0.1, -0.05) is 325 Å². The van der Waals surface area contributed by atoms with Gasteiger partial charge < -0.3 is 33.8 Å². The standard InChI is InChI=1S/C74H144O17P2/c1-8-10-11-12-13-14-15-16-17-18-22-25-34-41-48-55-71(76)84-61-69(90-73(78)57-50-43-36-26-23-20-19-21-24-31-38-45-52-65(3)4)63-88-92(80,81)86-59-68(75)60-87-93(82,83)89-64-70(62-85-72(77)56-49-42-35-29-27-32-39-46-53-66(5)6)91-74(79)58-51-44-37-30-28-33-40-47-54-67(7)9-2/h65-70,75H,8-64H2,1-7H3,(H,80,81)(H,82,83)/t67?,68-,69-,70-/m1/s1. The van der Waals surface area contributed by atoms with E-state index in [-0.39, 0.29) is 25.7 Å². The molecule has 0 heterocycles. The van der Waals surface area contributed by atoms with Gasteiger partial charge in [-0.25, -0.2) is 9.13 Å². The van der Waals surface area contributed by atoms with Crippen LogP contribution in [-0.2, 0) is 65.4 Å². The summed E-state index contributed by atoms with van der Waals surface area (Å²) >= 11 is 0. The molecule has 0 aromatic rings. The number of carbonyl (C=O) groups excluding carboxylic acids is 4. The number of hydrogen-bond donors (Lipinski definition) is 3. The van der Waals surface area contributed by atoms with E-state index in [4.69, 9.17) is 37.0 Å². The van der Waals surface area contributed by atoms with Gasteiger partial charge in [0.1, 0.15) is 19.3 Å². The second kappa shape index (κ2) is 64.7. The number of aliphatic hydroxyl groups is 1. The van der Waals surface area contributed by atoms with E-state index >= 15 is 0 Å². The summed E-state index contributed by atoms with van der Waals surface area (Å²) < 4.78 is 68.5. The van der Waals surface area contributed by atoms with Crippen molar-refractivity contribution < 1.29 is 80.2 Å². The first-order chi connectivity index (χ1) is 44.8. The molecule has 17 nitrogen and oxygen atoms in total. The number of rotatable bonds is 72. The lowest BCUT2D eigenvalue weighted by atomic mass is 9.99. The van der Waals surface area contributed by atoms with Crippen molar-refractivity contribution in [2.75, 3.05) is 39.6 Å². The zero-order valence-electron chi connectivity index (χ0n) is 60.7. The van der Waals surface area contributed by atoms with Gasteiger partial charge in [-0.05, 0) is 43.4 Å². The predicted octanol–water partition coefficient (Wildman–Crippen LogP) is 21.4. The Morgan fingerprint density at radius 2 is 0.548 bits per heavy atom. The summed E-state index contributed by atoms with van der Waals surface area (Å²) in [4.78, 5) is 72.7. The Hall–Kier alpha value is -1.94. The number of carbonyl (C=O) groups is 4. The van der Waals surface area contributed by atoms with Crippen molar-refractivity contribution in [1.29, 1.82) is 0 Å². The predicted molar refractivity (Wildman–Crippen MR) is 377 cm³/mol. The molecule has 0 radical (unpaired) electrons. The molecule has 0 saturated heterocycles. The smallest absolute Gasteiger partial charge is 0.462 e. The Kier molecular flexibility index (Phi) is 63.4. The summed E-state index contributed by atoms with van der Waals surface area (Å²) in [5, 5.41) is 10.6. The van der Waals surface area contributed by atoms with Crippen LogP contribution in [0, 0.1) is 17.8 Å². The van der Waals surface area contributed by atoms with Crippen LogP contribution in [0.15, 0.2) is 0 Å². The van der Waals surface area contributed by atoms with Crippen LogP contribution in [0.4, 0.5) is 0 Å². The van der Waals surface area contributed by atoms with Crippen LogP contribution < -0.4 is 0 Å². The van der Waals surface area contributed by atoms with Crippen LogP contribution in [-0.4, -0.2) is 96.7 Å². The highest BCUT2D eigenvalue weighted by Crippen LogP contribution is 2.45. The average Bonchev–Trinajstić information content (AvgIpc) is 1.51. The summed E-state index contributed by atoms with van der Waals surface area (Å²) in [6.07, 6.45) is 49.9. The molecule has 0 amide bonds. The fourth-order valence-electron chi connectivity index (χ4n) is 11.2. The monoisotopic (exact) mass is 1370 g/mol. The van der Waals surface area contributed by atoms with Crippen LogP contribution >= 0.6 is 15.6 Å². The van der Waals surface area contributed by atoms with Crippen molar-refractivity contribution in [3.05, 3.63) is 0 Å². The van der Waals surface area contributed by atoms with Gasteiger partial charge in [-0.3, -0.25) is 37.3 Å². The van der Waals surface area contributed by atoms with Gasteiger partial charge in [0.05, 0.1) is 26.4 Å². The zero-order chi connectivity index (χ0) is 68.7. The highest BCUT2D eigenvalue weighted by molar-refractivity contribution is 7.47. The highest BCUT2D eigenvalue weighted by atomic mass is 31.2. The molecule has 0 bridgehead atoms. The molecule has 0 spiro atoms.